The van der Waals surface area contributed by atoms with Crippen molar-refractivity contribution in [2.45, 2.75) is 13.0 Å². The van der Waals surface area contributed by atoms with Crippen molar-refractivity contribution in [1.82, 2.24) is 9.78 Å². The molecule has 2 heterocycles. The number of methoxy groups -OCH3 is 1. The molecule has 1 aromatic heterocycles. The van der Waals surface area contributed by atoms with Gasteiger partial charge < -0.3 is 9.47 Å². The van der Waals surface area contributed by atoms with Crippen LogP contribution in [0.15, 0.2) is 30.5 Å². The Bertz CT molecular complexity index is 602. The Morgan fingerprint density at radius 1 is 1.37 bits per heavy atom. The first-order valence-corrected chi connectivity index (χ1v) is 6.17. The summed E-state index contributed by atoms with van der Waals surface area (Å²) in [5.41, 5.74) is 2.47. The summed E-state index contributed by atoms with van der Waals surface area (Å²) in [5, 5.41) is 4.31. The Morgan fingerprint density at radius 2 is 2.16 bits per heavy atom. The van der Waals surface area contributed by atoms with E-state index in [-0.39, 0.29) is 5.97 Å². The van der Waals surface area contributed by atoms with Crippen molar-refractivity contribution >= 4 is 5.97 Å². The number of carbonyl (C=O) groups excluding carboxylic acids is 1. The molecule has 0 fully saturated rings. The third kappa shape index (κ3) is 2.07. The zero-order chi connectivity index (χ0) is 13.2. The fraction of sp³-hybridized carbons (Fsp3) is 0.286. The maximum absolute atomic E-state index is 11.4. The number of carbonyl (C=O) groups is 1. The molecule has 0 bridgehead atoms. The van der Waals surface area contributed by atoms with Crippen molar-refractivity contribution in [2.75, 3.05) is 13.7 Å². The largest absolute Gasteiger partial charge is 0.477 e. The molecule has 2 aromatic rings. The van der Waals surface area contributed by atoms with Crippen LogP contribution >= 0.6 is 0 Å². The summed E-state index contributed by atoms with van der Waals surface area (Å²) in [6.45, 7) is 1.61. The van der Waals surface area contributed by atoms with E-state index in [0.29, 0.717) is 5.56 Å². The average Bonchev–Trinajstić information content (AvgIpc) is 2.90. The second-order valence-corrected chi connectivity index (χ2v) is 4.36. The van der Waals surface area contributed by atoms with Gasteiger partial charge in [0.2, 0.25) is 5.88 Å². The van der Waals surface area contributed by atoms with Gasteiger partial charge in [0.25, 0.3) is 0 Å². The molecule has 0 radical (unpaired) electrons. The lowest BCUT2D eigenvalue weighted by molar-refractivity contribution is 0.0601. The number of hydrogen-bond acceptors (Lipinski definition) is 4. The van der Waals surface area contributed by atoms with Gasteiger partial charge in [-0.2, -0.15) is 5.10 Å². The summed E-state index contributed by atoms with van der Waals surface area (Å²) in [6, 6.07) is 7.24. The summed E-state index contributed by atoms with van der Waals surface area (Å²) in [4.78, 5) is 11.4. The van der Waals surface area contributed by atoms with E-state index in [1.165, 1.54) is 7.11 Å². The van der Waals surface area contributed by atoms with Crippen molar-refractivity contribution in [3.8, 4) is 17.0 Å². The fourth-order valence-corrected chi connectivity index (χ4v) is 2.17. The van der Waals surface area contributed by atoms with Crippen molar-refractivity contribution in [3.63, 3.8) is 0 Å². The van der Waals surface area contributed by atoms with Gasteiger partial charge in [0.1, 0.15) is 0 Å². The van der Waals surface area contributed by atoms with Crippen LogP contribution in [-0.2, 0) is 11.3 Å². The third-order valence-electron chi connectivity index (χ3n) is 3.16. The van der Waals surface area contributed by atoms with Gasteiger partial charge in [-0.25, -0.2) is 9.48 Å². The third-order valence-corrected chi connectivity index (χ3v) is 3.16. The van der Waals surface area contributed by atoms with E-state index in [4.69, 9.17) is 4.74 Å². The quantitative estimate of drug-likeness (QED) is 0.774. The summed E-state index contributed by atoms with van der Waals surface area (Å²) < 4.78 is 12.2. The van der Waals surface area contributed by atoms with Gasteiger partial charge in [-0.05, 0) is 17.7 Å². The minimum absolute atomic E-state index is 0.333. The van der Waals surface area contributed by atoms with Crippen molar-refractivity contribution in [2.24, 2.45) is 0 Å². The molecule has 98 valence electrons. The highest BCUT2D eigenvalue weighted by Crippen LogP contribution is 2.32. The highest BCUT2D eigenvalue weighted by molar-refractivity contribution is 5.90. The number of nitrogens with zero attached hydrogens (tertiary/aromatic N) is 2. The van der Waals surface area contributed by atoms with E-state index in [1.54, 1.807) is 18.3 Å². The molecule has 0 aliphatic carbocycles. The molecule has 0 N–H and O–H groups in total. The zero-order valence-electron chi connectivity index (χ0n) is 10.6. The van der Waals surface area contributed by atoms with Crippen LogP contribution in [0, 0.1) is 0 Å². The summed E-state index contributed by atoms with van der Waals surface area (Å²) >= 11 is 0. The molecule has 3 rings (SSSR count). The lowest BCUT2D eigenvalue weighted by atomic mass is 10.1. The Morgan fingerprint density at radius 3 is 2.89 bits per heavy atom. The van der Waals surface area contributed by atoms with Crippen LogP contribution in [0.2, 0.25) is 0 Å². The standard InChI is InChI=1S/C14H14N2O3/c1-18-14(17)11-5-3-10(4-6-11)12-9-15-16-7-2-8-19-13(12)16/h3-6,9H,2,7-8H2,1H3. The van der Waals surface area contributed by atoms with Crippen molar-refractivity contribution in [3.05, 3.63) is 36.0 Å². The molecule has 0 saturated carbocycles. The molecule has 19 heavy (non-hydrogen) atoms. The van der Waals surface area contributed by atoms with Gasteiger partial charge in [0.15, 0.2) is 0 Å². The monoisotopic (exact) mass is 258 g/mol. The number of fused-ring (bicyclic) bond motifs is 1. The molecule has 0 spiro atoms. The van der Waals surface area contributed by atoms with E-state index in [0.717, 1.165) is 36.6 Å². The highest BCUT2D eigenvalue weighted by atomic mass is 16.5. The van der Waals surface area contributed by atoms with Crippen LogP contribution in [0.25, 0.3) is 11.1 Å². The molecule has 5 nitrogen and oxygen atoms in total. The topological polar surface area (TPSA) is 53.3 Å². The maximum Gasteiger partial charge on any atom is 0.337 e. The Hall–Kier alpha value is -2.30. The molecule has 1 aliphatic rings. The zero-order valence-corrected chi connectivity index (χ0v) is 10.6. The predicted molar refractivity (Wildman–Crippen MR) is 69.1 cm³/mol. The molecule has 0 saturated heterocycles. The molecule has 1 aliphatic heterocycles. The average molecular weight is 258 g/mol. The summed E-state index contributed by atoms with van der Waals surface area (Å²) in [7, 11) is 1.37. The Labute approximate surface area is 110 Å². The molecular formula is C14H14N2O3. The number of rotatable bonds is 2. The van der Waals surface area contributed by atoms with Gasteiger partial charge >= 0.3 is 5.97 Å². The van der Waals surface area contributed by atoms with E-state index in [1.807, 2.05) is 16.8 Å². The van der Waals surface area contributed by atoms with Crippen LogP contribution < -0.4 is 4.74 Å². The Kier molecular flexibility index (Phi) is 2.95. The molecule has 0 unspecified atom stereocenters. The second-order valence-electron chi connectivity index (χ2n) is 4.36. The SMILES string of the molecule is COC(=O)c1ccc(-c2cnn3c2OCCC3)cc1. The number of aryl methyl sites for hydroxylation is 1. The van der Waals surface area contributed by atoms with Crippen molar-refractivity contribution in [1.29, 1.82) is 0 Å². The molecular weight excluding hydrogens is 244 g/mol. The number of aromatic nitrogens is 2. The van der Waals surface area contributed by atoms with Crippen LogP contribution in [0.1, 0.15) is 16.8 Å². The first kappa shape index (κ1) is 11.8. The van der Waals surface area contributed by atoms with Gasteiger partial charge in [0.05, 0.1) is 31.0 Å². The van der Waals surface area contributed by atoms with Crippen LogP contribution in [0.5, 0.6) is 5.88 Å². The van der Waals surface area contributed by atoms with E-state index in [2.05, 4.69) is 9.84 Å². The Balaban J connectivity index is 1.94. The van der Waals surface area contributed by atoms with Gasteiger partial charge in [0, 0.05) is 13.0 Å². The van der Waals surface area contributed by atoms with Crippen LogP contribution in [0.3, 0.4) is 0 Å². The molecule has 1 aromatic carbocycles. The second kappa shape index (κ2) is 4.76. The lowest BCUT2D eigenvalue weighted by Gasteiger charge is -2.16. The van der Waals surface area contributed by atoms with E-state index in [9.17, 15) is 4.79 Å². The van der Waals surface area contributed by atoms with Gasteiger partial charge in [-0.15, -0.1) is 0 Å². The number of ether oxygens (including phenoxy) is 2. The van der Waals surface area contributed by atoms with Crippen LogP contribution in [0.4, 0.5) is 0 Å². The summed E-state index contributed by atoms with van der Waals surface area (Å²) in [5.74, 6) is 0.469. The van der Waals surface area contributed by atoms with Gasteiger partial charge in [-0.1, -0.05) is 12.1 Å². The van der Waals surface area contributed by atoms with Crippen molar-refractivity contribution < 1.29 is 14.3 Å². The highest BCUT2D eigenvalue weighted by Gasteiger charge is 2.17. The van der Waals surface area contributed by atoms with Gasteiger partial charge in [-0.3, -0.25) is 0 Å². The van der Waals surface area contributed by atoms with Crippen LogP contribution in [-0.4, -0.2) is 29.5 Å². The molecule has 5 heteroatoms. The first-order valence-electron chi connectivity index (χ1n) is 6.17. The molecule has 0 atom stereocenters. The fourth-order valence-electron chi connectivity index (χ4n) is 2.17. The smallest absolute Gasteiger partial charge is 0.337 e. The number of hydrogen-bond donors (Lipinski definition) is 0. The minimum atomic E-state index is -0.333. The minimum Gasteiger partial charge on any atom is -0.477 e. The van der Waals surface area contributed by atoms with E-state index < -0.39 is 0 Å². The molecule has 0 amide bonds. The maximum atomic E-state index is 11.4. The lowest BCUT2D eigenvalue weighted by Crippen LogP contribution is -2.14. The number of esters is 1. The number of benzene rings is 1. The normalized spacial score (nSPS) is 13.5. The predicted octanol–water partition coefficient (Wildman–Crippen LogP) is 2.12. The first-order chi connectivity index (χ1) is 9.29. The van der Waals surface area contributed by atoms with E-state index >= 15 is 0 Å². The summed E-state index contributed by atoms with van der Waals surface area (Å²) in [6.07, 6.45) is 2.78.